The van der Waals surface area contributed by atoms with Crippen molar-refractivity contribution in [3.8, 4) is 0 Å². The summed E-state index contributed by atoms with van der Waals surface area (Å²) in [6.07, 6.45) is -9.72. The molecule has 2 N–H and O–H groups in total. The topological polar surface area (TPSA) is 141 Å². The summed E-state index contributed by atoms with van der Waals surface area (Å²) in [5.74, 6) is -1.40. The van der Waals surface area contributed by atoms with Gasteiger partial charge in [-0.3, -0.25) is 4.79 Å². The number of methoxy groups -OCH3 is 1. The maximum absolute atomic E-state index is 14.1. The van der Waals surface area contributed by atoms with Crippen LogP contribution in [0.15, 0.2) is 24.3 Å². The number of ether oxygens (including phenoxy) is 9. The lowest BCUT2D eigenvalue weighted by molar-refractivity contribution is -0.292. The van der Waals surface area contributed by atoms with E-state index in [0.29, 0.717) is 32.1 Å². The third kappa shape index (κ3) is 7.36. The molecule has 12 bridgehead atoms. The number of carbonyl (C=O) groups is 1. The highest BCUT2D eigenvalue weighted by atomic mass is 19.4. The van der Waals surface area contributed by atoms with E-state index in [9.17, 15) is 28.2 Å². The van der Waals surface area contributed by atoms with Gasteiger partial charge in [-0.2, -0.15) is 13.2 Å². The number of Topliss-reactive ketones (excluding diaryl/α,β-unsaturated/α-hetero) is 1. The molecular formula is C41H57F3O12. The van der Waals surface area contributed by atoms with Gasteiger partial charge in [0.25, 0.3) is 0 Å². The molecule has 0 aromatic heterocycles. The molecule has 10 heterocycles. The van der Waals surface area contributed by atoms with Crippen molar-refractivity contribution < 1.29 is 70.8 Å². The fraction of sp³-hybridized carbons (Fsp3) is 0.878. The average Bonchev–Trinajstić information content (AvgIpc) is 3.82. The van der Waals surface area contributed by atoms with Crippen molar-refractivity contribution >= 4 is 5.78 Å². The second-order valence-electron chi connectivity index (χ2n) is 18.1. The first kappa shape index (κ1) is 39.9. The van der Waals surface area contributed by atoms with Gasteiger partial charge in [-0.25, -0.2) is 0 Å². The van der Waals surface area contributed by atoms with E-state index in [4.69, 9.17) is 42.6 Å². The Hall–Kier alpha value is -1.50. The molecule has 0 aliphatic carbocycles. The molecule has 1 spiro atoms. The molecular weight excluding hydrogens is 741 g/mol. The van der Waals surface area contributed by atoms with E-state index in [1.165, 1.54) is 7.11 Å². The Morgan fingerprint density at radius 2 is 1.50 bits per heavy atom. The highest BCUT2D eigenvalue weighted by molar-refractivity contribution is 5.79. The number of hydrogen-bond donors (Lipinski definition) is 2. The van der Waals surface area contributed by atoms with E-state index in [0.717, 1.165) is 43.3 Å². The highest BCUT2D eigenvalue weighted by Gasteiger charge is 2.69. The molecule has 19 unspecified atom stereocenters. The van der Waals surface area contributed by atoms with Gasteiger partial charge in [0.15, 0.2) is 11.9 Å². The summed E-state index contributed by atoms with van der Waals surface area (Å²) in [4.78, 5) is 14.1. The first-order valence-electron chi connectivity index (χ1n) is 20.8. The Labute approximate surface area is 325 Å². The van der Waals surface area contributed by atoms with E-state index in [2.05, 4.69) is 20.1 Å². The van der Waals surface area contributed by atoms with Crippen LogP contribution < -0.4 is 0 Å². The lowest BCUT2D eigenvalue weighted by Crippen LogP contribution is -2.61. The molecule has 0 saturated carbocycles. The number of ketones is 1. The Bertz CT molecular complexity index is 1510. The first-order chi connectivity index (χ1) is 26.7. The summed E-state index contributed by atoms with van der Waals surface area (Å²) >= 11 is 0. The molecule has 10 aliphatic rings. The Morgan fingerprint density at radius 1 is 0.786 bits per heavy atom. The smallest absolute Gasteiger partial charge is 0.390 e. The Kier molecular flexibility index (Phi) is 10.8. The third-order valence-electron chi connectivity index (χ3n) is 14.4. The molecule has 10 rings (SSSR count). The zero-order valence-electron chi connectivity index (χ0n) is 32.2. The molecule has 0 aromatic carbocycles. The van der Waals surface area contributed by atoms with Crippen LogP contribution in [-0.4, -0.2) is 139 Å². The lowest BCUT2D eigenvalue weighted by atomic mass is 9.81. The fourth-order valence-corrected chi connectivity index (χ4v) is 11.5. The van der Waals surface area contributed by atoms with E-state index >= 15 is 0 Å². The Morgan fingerprint density at radius 3 is 2.29 bits per heavy atom. The Balaban J connectivity index is 0.989. The van der Waals surface area contributed by atoms with Gasteiger partial charge >= 0.3 is 6.18 Å². The van der Waals surface area contributed by atoms with Crippen molar-refractivity contribution in [2.75, 3.05) is 7.11 Å². The van der Waals surface area contributed by atoms with Crippen LogP contribution in [0.3, 0.4) is 0 Å². The van der Waals surface area contributed by atoms with Crippen LogP contribution in [0, 0.1) is 11.8 Å². The zero-order chi connectivity index (χ0) is 39.3. The van der Waals surface area contributed by atoms with Crippen LogP contribution in [0.2, 0.25) is 0 Å². The summed E-state index contributed by atoms with van der Waals surface area (Å²) in [7, 11) is 1.42. The van der Waals surface area contributed by atoms with Crippen LogP contribution >= 0.6 is 0 Å². The lowest BCUT2D eigenvalue weighted by Gasteiger charge is -2.47. The van der Waals surface area contributed by atoms with Crippen LogP contribution in [0.1, 0.15) is 90.4 Å². The fourth-order valence-electron chi connectivity index (χ4n) is 11.5. The molecule has 314 valence electrons. The van der Waals surface area contributed by atoms with Crippen molar-refractivity contribution in [1.29, 1.82) is 0 Å². The second-order valence-corrected chi connectivity index (χ2v) is 18.1. The van der Waals surface area contributed by atoms with Crippen LogP contribution in [-0.2, 0) is 47.4 Å². The normalized spacial score (nSPS) is 50.4. The molecule has 0 aromatic rings. The van der Waals surface area contributed by atoms with Crippen molar-refractivity contribution in [2.24, 2.45) is 11.8 Å². The minimum atomic E-state index is -5.02. The van der Waals surface area contributed by atoms with Gasteiger partial charge in [-0.1, -0.05) is 20.1 Å². The summed E-state index contributed by atoms with van der Waals surface area (Å²) in [5, 5.41) is 20.3. The van der Waals surface area contributed by atoms with Gasteiger partial charge in [0.1, 0.15) is 36.3 Å². The number of rotatable bonds is 4. The molecule has 0 amide bonds. The molecule has 12 nitrogen and oxygen atoms in total. The van der Waals surface area contributed by atoms with E-state index < -0.39 is 79.2 Å². The maximum Gasteiger partial charge on any atom is 0.416 e. The molecule has 10 fully saturated rings. The summed E-state index contributed by atoms with van der Waals surface area (Å²) in [6, 6.07) is 0. The standard InChI is InChI=1S/C41H57F3O12/c1-18-11-22-5-7-27-19(2)12-24(49-27)9-10-40-17-32-35(55-40)36-37(54-32)38(56-40)34-28(53-36)8-6-23(51-34)13-21(45)14-25-30(16-29(50-22)20(18)3)52-31(33(25)48-4)15-26(46)39(47)41(42,43)44/h18,22-39,46-47H,2-3,5-17H2,1,4H3/t18?,22?,23?,24?,25?,26?,27?,28?,29?,30?,31?,32?,33?,34?,35?,36-,37?,38?,39?,40?/m0/s1. The number of halogens is 3. The van der Waals surface area contributed by atoms with Gasteiger partial charge in [0.05, 0.1) is 67.1 Å². The van der Waals surface area contributed by atoms with Crippen LogP contribution in [0.25, 0.3) is 0 Å². The summed E-state index contributed by atoms with van der Waals surface area (Å²) in [5.41, 5.74) is 1.95. The molecule has 56 heavy (non-hydrogen) atoms. The minimum Gasteiger partial charge on any atom is -0.390 e. The van der Waals surface area contributed by atoms with Crippen molar-refractivity contribution in [3.05, 3.63) is 24.3 Å². The quantitative estimate of drug-likeness (QED) is 0.390. The summed E-state index contributed by atoms with van der Waals surface area (Å²) < 4.78 is 99.3. The largest absolute Gasteiger partial charge is 0.416 e. The van der Waals surface area contributed by atoms with Gasteiger partial charge in [0.2, 0.25) is 0 Å². The van der Waals surface area contributed by atoms with Crippen molar-refractivity contribution in [1.82, 2.24) is 0 Å². The van der Waals surface area contributed by atoms with Crippen LogP contribution in [0.5, 0.6) is 0 Å². The molecule has 20 atom stereocenters. The predicted molar refractivity (Wildman–Crippen MR) is 189 cm³/mol. The number of fused-ring (bicyclic) bond motifs is 6. The number of aliphatic hydroxyl groups is 2. The van der Waals surface area contributed by atoms with Gasteiger partial charge in [-0.15, -0.1) is 0 Å². The van der Waals surface area contributed by atoms with Gasteiger partial charge in [-0.05, 0) is 62.0 Å². The second kappa shape index (κ2) is 15.2. The number of hydrogen-bond acceptors (Lipinski definition) is 12. The van der Waals surface area contributed by atoms with Crippen molar-refractivity contribution in [3.63, 3.8) is 0 Å². The van der Waals surface area contributed by atoms with Gasteiger partial charge < -0.3 is 52.8 Å². The molecule has 10 aliphatic heterocycles. The maximum atomic E-state index is 14.1. The first-order valence-corrected chi connectivity index (χ1v) is 20.8. The third-order valence-corrected chi connectivity index (χ3v) is 14.4. The van der Waals surface area contributed by atoms with Crippen molar-refractivity contribution in [2.45, 2.75) is 206 Å². The molecule has 15 heteroatoms. The zero-order valence-corrected chi connectivity index (χ0v) is 32.2. The van der Waals surface area contributed by atoms with E-state index in [1.54, 1.807) is 0 Å². The van der Waals surface area contributed by atoms with Crippen LogP contribution in [0.4, 0.5) is 13.2 Å². The van der Waals surface area contributed by atoms with E-state index in [1.807, 2.05) is 0 Å². The molecule has 0 radical (unpaired) electrons. The summed E-state index contributed by atoms with van der Waals surface area (Å²) in [6.45, 7) is 10.9. The van der Waals surface area contributed by atoms with E-state index in [-0.39, 0.29) is 73.4 Å². The highest BCUT2D eigenvalue weighted by Crippen LogP contribution is 2.54. The SMILES string of the molecule is C=C1CC2CCC34CC5OC6C(O3)C3OC(CCC3O[C@H]6C5O4)CC(=O)CC3C(CC4OC(CCC1O2)CC(C)C4=C)OC(CC(O)C(O)C(F)(F)F)C3OC. The monoisotopic (exact) mass is 798 g/mol. The van der Waals surface area contributed by atoms with Gasteiger partial charge in [0, 0.05) is 51.6 Å². The number of carbonyl (C=O) groups excluding carboxylic acids is 1. The predicted octanol–water partition coefficient (Wildman–Crippen LogP) is 4.40. The average molecular weight is 799 g/mol. The molecule has 10 saturated heterocycles. The number of aliphatic hydroxyl groups excluding tert-OH is 2. The number of alkyl halides is 3. The minimum absolute atomic E-state index is 0.0105.